The van der Waals surface area contributed by atoms with Crippen molar-refractivity contribution in [3.05, 3.63) is 59.6 Å². The average Bonchev–Trinajstić information content (AvgIpc) is 2.86. The molecular weight excluding hydrogens is 255 g/mol. The van der Waals surface area contributed by atoms with Crippen LogP contribution in [0, 0.1) is 5.82 Å². The quantitative estimate of drug-likeness (QED) is 0.712. The van der Waals surface area contributed by atoms with Crippen molar-refractivity contribution in [2.75, 3.05) is 6.54 Å². The van der Waals surface area contributed by atoms with Crippen LogP contribution in [0.2, 0.25) is 0 Å². The van der Waals surface area contributed by atoms with E-state index in [9.17, 15) is 4.39 Å². The second-order valence-electron chi connectivity index (χ2n) is 5.02. The minimum Gasteiger partial charge on any atom is -0.357 e. The van der Waals surface area contributed by atoms with Gasteiger partial charge < -0.3 is 10.3 Å². The van der Waals surface area contributed by atoms with Crippen LogP contribution in [0.3, 0.4) is 0 Å². The van der Waals surface area contributed by atoms with Crippen LogP contribution in [0.5, 0.6) is 0 Å². The van der Waals surface area contributed by atoms with Gasteiger partial charge in [-0.1, -0.05) is 0 Å². The van der Waals surface area contributed by atoms with Crippen molar-refractivity contribution in [1.29, 1.82) is 0 Å². The lowest BCUT2D eigenvalue weighted by molar-refractivity contribution is 0.557. The fraction of sp³-hybridized carbons (Fsp3) is 0.200. The molecule has 2 aromatic heterocycles. The number of aromatic nitrogens is 3. The van der Waals surface area contributed by atoms with Gasteiger partial charge in [-0.3, -0.25) is 0 Å². The van der Waals surface area contributed by atoms with Gasteiger partial charge in [0.05, 0.1) is 6.04 Å². The Morgan fingerprint density at radius 2 is 2.05 bits per heavy atom. The van der Waals surface area contributed by atoms with Gasteiger partial charge in [0.1, 0.15) is 12.1 Å². The highest BCUT2D eigenvalue weighted by atomic mass is 19.1. The third-order valence-corrected chi connectivity index (χ3v) is 3.83. The summed E-state index contributed by atoms with van der Waals surface area (Å²) in [4.78, 5) is 11.6. The Hall–Kier alpha value is -2.27. The molecule has 0 aliphatic carbocycles. The highest BCUT2D eigenvalue weighted by molar-refractivity contribution is 5.85. The fourth-order valence-electron chi connectivity index (χ4n) is 2.94. The van der Waals surface area contributed by atoms with E-state index in [0.717, 1.165) is 35.1 Å². The van der Waals surface area contributed by atoms with Crippen molar-refractivity contribution in [1.82, 2.24) is 20.3 Å². The molecule has 1 aliphatic heterocycles. The van der Waals surface area contributed by atoms with Crippen LogP contribution in [0.1, 0.15) is 22.9 Å². The zero-order chi connectivity index (χ0) is 13.5. The van der Waals surface area contributed by atoms with Gasteiger partial charge in [0.2, 0.25) is 0 Å². The van der Waals surface area contributed by atoms with Crippen LogP contribution >= 0.6 is 0 Å². The number of hydrogen-bond donors (Lipinski definition) is 2. The van der Waals surface area contributed by atoms with Gasteiger partial charge in [-0.2, -0.15) is 0 Å². The zero-order valence-corrected chi connectivity index (χ0v) is 10.7. The van der Waals surface area contributed by atoms with Crippen LogP contribution in [-0.2, 0) is 6.42 Å². The van der Waals surface area contributed by atoms with Gasteiger partial charge in [0, 0.05) is 41.1 Å². The van der Waals surface area contributed by atoms with Crippen molar-refractivity contribution in [3.8, 4) is 0 Å². The van der Waals surface area contributed by atoms with E-state index >= 15 is 0 Å². The van der Waals surface area contributed by atoms with E-state index in [1.165, 1.54) is 18.0 Å². The van der Waals surface area contributed by atoms with Crippen molar-refractivity contribution in [2.24, 2.45) is 0 Å². The van der Waals surface area contributed by atoms with Crippen molar-refractivity contribution in [2.45, 2.75) is 12.5 Å². The topological polar surface area (TPSA) is 53.6 Å². The van der Waals surface area contributed by atoms with E-state index in [0.29, 0.717) is 0 Å². The number of H-pyrrole nitrogens is 1. The molecule has 2 N–H and O–H groups in total. The van der Waals surface area contributed by atoms with Gasteiger partial charge in [-0.15, -0.1) is 0 Å². The molecule has 0 bridgehead atoms. The molecule has 0 saturated heterocycles. The molecule has 0 radical (unpaired) electrons. The van der Waals surface area contributed by atoms with E-state index in [2.05, 4.69) is 20.3 Å². The summed E-state index contributed by atoms with van der Waals surface area (Å²) in [7, 11) is 0. The molecule has 1 atom stereocenters. The van der Waals surface area contributed by atoms with Gasteiger partial charge in [0.25, 0.3) is 0 Å². The van der Waals surface area contributed by atoms with Gasteiger partial charge in [-0.05, 0) is 30.2 Å². The Labute approximate surface area is 115 Å². The lowest BCUT2D eigenvalue weighted by Crippen LogP contribution is -2.30. The highest BCUT2D eigenvalue weighted by Crippen LogP contribution is 2.33. The first-order valence-electron chi connectivity index (χ1n) is 6.61. The third-order valence-electron chi connectivity index (χ3n) is 3.83. The van der Waals surface area contributed by atoms with E-state index in [1.54, 1.807) is 12.1 Å². The molecule has 1 aromatic carbocycles. The average molecular weight is 268 g/mol. The van der Waals surface area contributed by atoms with Gasteiger partial charge >= 0.3 is 0 Å². The minimum absolute atomic E-state index is 0.0374. The summed E-state index contributed by atoms with van der Waals surface area (Å²) in [5.41, 5.74) is 4.26. The molecule has 3 heterocycles. The number of nitrogens with zero attached hydrogens (tertiary/aromatic N) is 2. The standard InChI is InChI=1S/C15H13FN4/c16-10-1-2-13-12(5-10)11-3-4-19-14(15(11)20-13)9-6-17-8-18-7-9/h1-2,5-8,14,19-20H,3-4H2. The van der Waals surface area contributed by atoms with E-state index in [4.69, 9.17) is 0 Å². The number of fused-ring (bicyclic) bond motifs is 3. The fourth-order valence-corrected chi connectivity index (χ4v) is 2.94. The summed E-state index contributed by atoms with van der Waals surface area (Å²) in [6.45, 7) is 0.857. The molecular formula is C15H13FN4. The minimum atomic E-state index is -0.197. The van der Waals surface area contributed by atoms with E-state index in [1.807, 2.05) is 12.4 Å². The molecule has 4 nitrogen and oxygen atoms in total. The number of benzene rings is 1. The second-order valence-corrected chi connectivity index (χ2v) is 5.02. The zero-order valence-electron chi connectivity index (χ0n) is 10.7. The summed E-state index contributed by atoms with van der Waals surface area (Å²) in [5, 5.41) is 4.44. The number of aromatic amines is 1. The van der Waals surface area contributed by atoms with Crippen LogP contribution in [0.25, 0.3) is 10.9 Å². The van der Waals surface area contributed by atoms with Gasteiger partial charge in [-0.25, -0.2) is 14.4 Å². The molecule has 3 aromatic rings. The summed E-state index contributed by atoms with van der Waals surface area (Å²) in [6.07, 6.45) is 6.04. The van der Waals surface area contributed by atoms with Crippen molar-refractivity contribution >= 4 is 10.9 Å². The monoisotopic (exact) mass is 268 g/mol. The van der Waals surface area contributed by atoms with E-state index < -0.39 is 0 Å². The number of hydrogen-bond acceptors (Lipinski definition) is 3. The normalized spacial score (nSPS) is 18.1. The lowest BCUT2D eigenvalue weighted by atomic mass is 9.96. The Balaban J connectivity index is 1.91. The molecule has 100 valence electrons. The SMILES string of the molecule is Fc1ccc2[nH]c3c(c2c1)CCNC3c1cncnc1. The maximum atomic E-state index is 13.5. The molecule has 1 unspecified atom stereocenters. The Bertz CT molecular complexity index is 766. The molecule has 5 heteroatoms. The number of nitrogens with one attached hydrogen (secondary N) is 2. The predicted octanol–water partition coefficient (Wildman–Crippen LogP) is 2.33. The third kappa shape index (κ3) is 1.71. The summed E-state index contributed by atoms with van der Waals surface area (Å²) in [6, 6.07) is 4.92. The molecule has 20 heavy (non-hydrogen) atoms. The van der Waals surface area contributed by atoms with Gasteiger partial charge in [0.15, 0.2) is 0 Å². The first kappa shape index (κ1) is 11.5. The van der Waals surface area contributed by atoms with Crippen molar-refractivity contribution in [3.63, 3.8) is 0 Å². The molecule has 4 rings (SSSR count). The van der Waals surface area contributed by atoms with Crippen LogP contribution in [0.4, 0.5) is 4.39 Å². The Kier molecular flexibility index (Phi) is 2.53. The maximum absolute atomic E-state index is 13.5. The molecule has 0 amide bonds. The first-order valence-corrected chi connectivity index (χ1v) is 6.61. The lowest BCUT2D eigenvalue weighted by Gasteiger charge is -2.24. The Morgan fingerprint density at radius 3 is 2.90 bits per heavy atom. The number of halogens is 1. The van der Waals surface area contributed by atoms with E-state index in [-0.39, 0.29) is 11.9 Å². The largest absolute Gasteiger partial charge is 0.357 e. The van der Waals surface area contributed by atoms with Crippen molar-refractivity contribution < 1.29 is 4.39 Å². The highest BCUT2D eigenvalue weighted by Gasteiger charge is 2.25. The first-order chi connectivity index (χ1) is 9.83. The molecule has 0 spiro atoms. The van der Waals surface area contributed by atoms with Crippen LogP contribution < -0.4 is 5.32 Å². The second kappa shape index (κ2) is 4.38. The van der Waals surface area contributed by atoms with Crippen LogP contribution in [-0.4, -0.2) is 21.5 Å². The summed E-state index contributed by atoms with van der Waals surface area (Å²) >= 11 is 0. The smallest absolute Gasteiger partial charge is 0.123 e. The summed E-state index contributed by atoms with van der Waals surface area (Å²) in [5.74, 6) is -0.197. The molecule has 1 aliphatic rings. The number of rotatable bonds is 1. The Morgan fingerprint density at radius 1 is 1.20 bits per heavy atom. The molecule has 0 fully saturated rings. The molecule has 0 saturated carbocycles. The maximum Gasteiger partial charge on any atom is 0.123 e. The van der Waals surface area contributed by atoms with Crippen LogP contribution in [0.15, 0.2) is 36.9 Å². The predicted molar refractivity (Wildman–Crippen MR) is 73.8 cm³/mol. The summed E-state index contributed by atoms with van der Waals surface area (Å²) < 4.78 is 13.5.